The number of fused-ring (bicyclic) bond motifs is 1. The molecule has 0 spiro atoms. The van der Waals surface area contributed by atoms with E-state index < -0.39 is 6.29 Å². The molecule has 16 heavy (non-hydrogen) atoms. The number of aryl methyl sites for hydroxylation is 1. The second-order valence-electron chi connectivity index (χ2n) is 3.51. The van der Waals surface area contributed by atoms with Crippen LogP contribution in [0.3, 0.4) is 0 Å². The minimum Gasteiger partial charge on any atom is -0.395 e. The lowest BCUT2D eigenvalue weighted by molar-refractivity contribution is -0.286. The topological polar surface area (TPSA) is 30.5 Å². The van der Waals surface area contributed by atoms with Gasteiger partial charge in [0.2, 0.25) is 0 Å². The Kier molecular flexibility index (Phi) is 2.61. The Balaban J connectivity index is 2.38. The normalized spacial score (nSPS) is 16.2. The smallest absolute Gasteiger partial charge is 0.395 e. The zero-order chi connectivity index (χ0) is 11.8. The minimum absolute atomic E-state index is 0.0816. The van der Waals surface area contributed by atoms with Gasteiger partial charge in [0.1, 0.15) is 0 Å². The van der Waals surface area contributed by atoms with Crippen molar-refractivity contribution in [3.8, 4) is 11.5 Å². The van der Waals surface area contributed by atoms with Crippen molar-refractivity contribution in [1.82, 2.24) is 0 Å². The number of halogens is 2. The van der Waals surface area contributed by atoms with Crippen LogP contribution in [0.1, 0.15) is 19.4 Å². The first kappa shape index (κ1) is 11.0. The van der Waals surface area contributed by atoms with Gasteiger partial charge in [-0.1, -0.05) is 6.92 Å². The third kappa shape index (κ3) is 1.89. The van der Waals surface area contributed by atoms with E-state index in [2.05, 4.69) is 14.8 Å². The van der Waals surface area contributed by atoms with Crippen molar-refractivity contribution in [2.75, 3.05) is 11.9 Å². The average molecular weight is 229 g/mol. The molecule has 5 heteroatoms. The Bertz CT molecular complexity index is 407. The first-order chi connectivity index (χ1) is 7.55. The standard InChI is InChI=1S/C11H13F2NO2/c1-3-7-5-9-10(6-8(7)14-4-2)16-11(12,13)15-9/h5-6,14H,3-4H2,1-2H3. The molecule has 0 saturated heterocycles. The van der Waals surface area contributed by atoms with Crippen LogP contribution in [-0.2, 0) is 6.42 Å². The third-order valence-corrected chi connectivity index (χ3v) is 2.38. The SMILES string of the molecule is CCNc1cc2c(cc1CC)OC(F)(F)O2. The minimum atomic E-state index is -3.54. The van der Waals surface area contributed by atoms with Crippen LogP contribution >= 0.6 is 0 Å². The van der Waals surface area contributed by atoms with Crippen molar-refractivity contribution >= 4 is 5.69 Å². The van der Waals surface area contributed by atoms with Crippen LogP contribution in [0.2, 0.25) is 0 Å². The predicted molar refractivity (Wildman–Crippen MR) is 56.2 cm³/mol. The summed E-state index contributed by atoms with van der Waals surface area (Å²) in [6.45, 7) is 4.62. The Labute approximate surface area is 92.4 Å². The van der Waals surface area contributed by atoms with Crippen molar-refractivity contribution < 1.29 is 18.3 Å². The highest BCUT2D eigenvalue weighted by Gasteiger charge is 2.43. The fourth-order valence-corrected chi connectivity index (χ4v) is 1.69. The third-order valence-electron chi connectivity index (χ3n) is 2.38. The van der Waals surface area contributed by atoms with Gasteiger partial charge < -0.3 is 14.8 Å². The van der Waals surface area contributed by atoms with Crippen LogP contribution in [-0.4, -0.2) is 12.8 Å². The van der Waals surface area contributed by atoms with Gasteiger partial charge in [0.25, 0.3) is 0 Å². The van der Waals surface area contributed by atoms with E-state index >= 15 is 0 Å². The maximum Gasteiger partial charge on any atom is 0.586 e. The predicted octanol–water partition coefficient (Wildman–Crippen LogP) is 3.00. The summed E-state index contributed by atoms with van der Waals surface area (Å²) in [6, 6.07) is 3.15. The summed E-state index contributed by atoms with van der Waals surface area (Å²) in [5.74, 6) is 0.182. The first-order valence-electron chi connectivity index (χ1n) is 5.22. The average Bonchev–Trinajstić information content (AvgIpc) is 2.50. The van der Waals surface area contributed by atoms with Gasteiger partial charge in [-0.2, -0.15) is 0 Å². The van der Waals surface area contributed by atoms with Crippen molar-refractivity contribution in [2.24, 2.45) is 0 Å². The summed E-state index contributed by atoms with van der Waals surface area (Å²) in [5, 5.41) is 3.10. The molecule has 1 aromatic carbocycles. The number of benzene rings is 1. The van der Waals surface area contributed by atoms with Gasteiger partial charge in [0.05, 0.1) is 0 Å². The van der Waals surface area contributed by atoms with Gasteiger partial charge in [-0.3, -0.25) is 0 Å². The maximum atomic E-state index is 12.8. The van der Waals surface area contributed by atoms with E-state index in [1.807, 2.05) is 13.8 Å². The lowest BCUT2D eigenvalue weighted by Gasteiger charge is -2.09. The van der Waals surface area contributed by atoms with E-state index in [9.17, 15) is 8.78 Å². The summed E-state index contributed by atoms with van der Waals surface area (Å²) in [6.07, 6.45) is -2.80. The van der Waals surface area contributed by atoms with Gasteiger partial charge in [0.15, 0.2) is 11.5 Å². The summed E-state index contributed by atoms with van der Waals surface area (Å²) < 4.78 is 34.4. The molecule has 0 fully saturated rings. The van der Waals surface area contributed by atoms with Crippen LogP contribution in [0.15, 0.2) is 12.1 Å². The zero-order valence-electron chi connectivity index (χ0n) is 9.14. The second kappa shape index (κ2) is 3.81. The molecule has 0 saturated carbocycles. The largest absolute Gasteiger partial charge is 0.586 e. The van der Waals surface area contributed by atoms with Gasteiger partial charge in [-0.25, -0.2) is 0 Å². The second-order valence-corrected chi connectivity index (χ2v) is 3.51. The van der Waals surface area contributed by atoms with E-state index in [0.29, 0.717) is 0 Å². The molecule has 88 valence electrons. The number of nitrogens with one attached hydrogen (secondary N) is 1. The maximum absolute atomic E-state index is 12.8. The molecule has 1 heterocycles. The molecule has 0 aliphatic carbocycles. The Morgan fingerprint density at radius 3 is 2.38 bits per heavy atom. The summed E-state index contributed by atoms with van der Waals surface area (Å²) >= 11 is 0. The molecule has 2 rings (SSSR count). The molecule has 0 unspecified atom stereocenters. The van der Waals surface area contributed by atoms with Gasteiger partial charge >= 0.3 is 6.29 Å². The summed E-state index contributed by atoms with van der Waals surface area (Å²) in [7, 11) is 0. The Morgan fingerprint density at radius 1 is 1.19 bits per heavy atom. The van der Waals surface area contributed by atoms with Gasteiger partial charge in [-0.15, -0.1) is 8.78 Å². The highest BCUT2D eigenvalue weighted by Crippen LogP contribution is 2.43. The molecule has 0 bridgehead atoms. The Hall–Kier alpha value is -1.52. The Morgan fingerprint density at radius 2 is 1.81 bits per heavy atom. The van der Waals surface area contributed by atoms with Crippen LogP contribution in [0.25, 0.3) is 0 Å². The molecule has 0 atom stereocenters. The number of alkyl halides is 2. The quantitative estimate of drug-likeness (QED) is 0.864. The van der Waals surface area contributed by atoms with Gasteiger partial charge in [0, 0.05) is 18.3 Å². The van der Waals surface area contributed by atoms with Crippen LogP contribution < -0.4 is 14.8 Å². The van der Waals surface area contributed by atoms with Crippen molar-refractivity contribution in [3.63, 3.8) is 0 Å². The lowest BCUT2D eigenvalue weighted by atomic mass is 10.1. The summed E-state index contributed by atoms with van der Waals surface area (Å²) in [4.78, 5) is 0. The number of ether oxygens (including phenoxy) is 2. The zero-order valence-corrected chi connectivity index (χ0v) is 9.14. The van der Waals surface area contributed by atoms with E-state index in [0.717, 1.165) is 24.2 Å². The molecule has 0 amide bonds. The van der Waals surface area contributed by atoms with E-state index in [1.54, 1.807) is 12.1 Å². The molecule has 3 nitrogen and oxygen atoms in total. The number of hydrogen-bond donors (Lipinski definition) is 1. The van der Waals surface area contributed by atoms with Gasteiger partial charge in [-0.05, 0) is 25.0 Å². The fraction of sp³-hybridized carbons (Fsp3) is 0.455. The van der Waals surface area contributed by atoms with Crippen molar-refractivity contribution in [2.45, 2.75) is 26.6 Å². The number of rotatable bonds is 3. The highest BCUT2D eigenvalue weighted by atomic mass is 19.3. The molecule has 0 radical (unpaired) electrons. The highest BCUT2D eigenvalue weighted by molar-refractivity contribution is 5.61. The van der Waals surface area contributed by atoms with Crippen LogP contribution in [0, 0.1) is 0 Å². The summed E-state index contributed by atoms with van der Waals surface area (Å²) in [5.41, 5.74) is 1.74. The van der Waals surface area contributed by atoms with E-state index in [1.165, 1.54) is 0 Å². The van der Waals surface area contributed by atoms with Crippen molar-refractivity contribution in [3.05, 3.63) is 17.7 Å². The monoisotopic (exact) mass is 229 g/mol. The van der Waals surface area contributed by atoms with E-state index in [4.69, 9.17) is 0 Å². The molecular formula is C11H13F2NO2. The van der Waals surface area contributed by atoms with E-state index in [-0.39, 0.29) is 11.5 Å². The lowest BCUT2D eigenvalue weighted by Crippen LogP contribution is -2.25. The molecule has 1 N–H and O–H groups in total. The molecule has 0 aromatic heterocycles. The van der Waals surface area contributed by atoms with Crippen molar-refractivity contribution in [1.29, 1.82) is 0 Å². The first-order valence-corrected chi connectivity index (χ1v) is 5.22. The van der Waals surface area contributed by atoms with Crippen LogP contribution in [0.5, 0.6) is 11.5 Å². The number of hydrogen-bond acceptors (Lipinski definition) is 3. The molecule has 1 aliphatic rings. The fourth-order valence-electron chi connectivity index (χ4n) is 1.69. The molecule has 1 aromatic rings. The molecule has 1 aliphatic heterocycles. The number of anilines is 1. The van der Waals surface area contributed by atoms with Crippen LogP contribution in [0.4, 0.5) is 14.5 Å². The molecular weight excluding hydrogens is 216 g/mol.